The third-order valence-corrected chi connectivity index (χ3v) is 3.25. The number of hydrogen-bond acceptors (Lipinski definition) is 5. The molecule has 6 nitrogen and oxygen atoms in total. The van der Waals surface area contributed by atoms with Gasteiger partial charge in [-0.15, -0.1) is 5.10 Å². The van der Waals surface area contributed by atoms with Gasteiger partial charge in [0.15, 0.2) is 0 Å². The number of tetrazole rings is 1. The summed E-state index contributed by atoms with van der Waals surface area (Å²) in [4.78, 5) is 0. The molecule has 1 atom stereocenters. The predicted molar refractivity (Wildman–Crippen MR) is 81.3 cm³/mol. The molecule has 0 radical (unpaired) electrons. The molecular weight excluding hydrogens is 266 g/mol. The van der Waals surface area contributed by atoms with Gasteiger partial charge in [0.25, 0.3) is 0 Å². The van der Waals surface area contributed by atoms with Crippen molar-refractivity contribution >= 4 is 0 Å². The van der Waals surface area contributed by atoms with Gasteiger partial charge in [-0.05, 0) is 54.4 Å². The molecule has 6 heteroatoms. The summed E-state index contributed by atoms with van der Waals surface area (Å²) in [5.74, 6) is 0. The molecule has 1 N–H and O–H groups in total. The zero-order valence-corrected chi connectivity index (χ0v) is 12.7. The largest absolute Gasteiger partial charge is 0.381 e. The van der Waals surface area contributed by atoms with Gasteiger partial charge in [0.1, 0.15) is 6.33 Å². The second-order valence-electron chi connectivity index (χ2n) is 4.99. The molecule has 0 spiro atoms. The van der Waals surface area contributed by atoms with Crippen LogP contribution in [0.15, 0.2) is 30.6 Å². The Labute approximate surface area is 125 Å². The number of nitrogens with zero attached hydrogens (tertiary/aromatic N) is 4. The van der Waals surface area contributed by atoms with E-state index in [2.05, 4.69) is 46.8 Å². The second kappa shape index (κ2) is 8.49. The molecule has 0 fully saturated rings. The smallest absolute Gasteiger partial charge is 0.143 e. The van der Waals surface area contributed by atoms with E-state index in [9.17, 15) is 0 Å². The Bertz CT molecular complexity index is 515. The maximum atomic E-state index is 5.47. The summed E-state index contributed by atoms with van der Waals surface area (Å²) in [5, 5.41) is 14.7. The van der Waals surface area contributed by atoms with E-state index < -0.39 is 0 Å². The first kappa shape index (κ1) is 15.6. The normalized spacial score (nSPS) is 12.5. The van der Waals surface area contributed by atoms with Crippen molar-refractivity contribution in [3.63, 3.8) is 0 Å². The van der Waals surface area contributed by atoms with Gasteiger partial charge >= 0.3 is 0 Å². The standard InChI is InChI=1S/C15H23N5O/c1-3-9-21-10-5-8-16-13(2)14-6-4-7-15(11-14)20-12-17-18-19-20/h4,6-7,11-13,16H,3,5,8-10H2,1-2H3. The molecule has 1 heterocycles. The average molecular weight is 289 g/mol. The zero-order valence-electron chi connectivity index (χ0n) is 12.7. The number of hydrogen-bond donors (Lipinski definition) is 1. The minimum atomic E-state index is 0.285. The summed E-state index contributed by atoms with van der Waals surface area (Å²) >= 11 is 0. The van der Waals surface area contributed by atoms with Crippen molar-refractivity contribution in [2.45, 2.75) is 32.7 Å². The van der Waals surface area contributed by atoms with Crippen molar-refractivity contribution in [2.75, 3.05) is 19.8 Å². The lowest BCUT2D eigenvalue weighted by molar-refractivity contribution is 0.132. The van der Waals surface area contributed by atoms with E-state index in [-0.39, 0.29) is 6.04 Å². The van der Waals surface area contributed by atoms with Crippen molar-refractivity contribution in [1.82, 2.24) is 25.5 Å². The van der Waals surface area contributed by atoms with Gasteiger partial charge in [0, 0.05) is 19.3 Å². The SMILES string of the molecule is CCCOCCCNC(C)c1cccc(-n2cnnn2)c1. The monoisotopic (exact) mass is 289 g/mol. The van der Waals surface area contributed by atoms with Crippen LogP contribution in [0.2, 0.25) is 0 Å². The van der Waals surface area contributed by atoms with Crippen LogP contribution in [0.5, 0.6) is 0 Å². The molecule has 0 saturated carbocycles. The molecule has 114 valence electrons. The fraction of sp³-hybridized carbons (Fsp3) is 0.533. The fourth-order valence-electron chi connectivity index (χ4n) is 2.07. The van der Waals surface area contributed by atoms with E-state index in [1.807, 2.05) is 12.1 Å². The van der Waals surface area contributed by atoms with Crippen LogP contribution in [-0.4, -0.2) is 40.0 Å². The Morgan fingerprint density at radius 1 is 1.33 bits per heavy atom. The maximum Gasteiger partial charge on any atom is 0.143 e. The summed E-state index contributed by atoms with van der Waals surface area (Å²) in [7, 11) is 0. The molecule has 0 bridgehead atoms. The van der Waals surface area contributed by atoms with E-state index in [0.29, 0.717) is 0 Å². The summed E-state index contributed by atoms with van der Waals surface area (Å²) in [5.41, 5.74) is 2.19. The average Bonchev–Trinajstić information content (AvgIpc) is 3.05. The van der Waals surface area contributed by atoms with Crippen molar-refractivity contribution < 1.29 is 4.74 Å². The van der Waals surface area contributed by atoms with Crippen molar-refractivity contribution in [2.24, 2.45) is 0 Å². The Morgan fingerprint density at radius 2 is 2.24 bits per heavy atom. The van der Waals surface area contributed by atoms with Crippen LogP contribution in [0, 0.1) is 0 Å². The van der Waals surface area contributed by atoms with Gasteiger partial charge in [-0.3, -0.25) is 0 Å². The van der Waals surface area contributed by atoms with Gasteiger partial charge in [-0.2, -0.15) is 0 Å². The summed E-state index contributed by atoms with van der Waals surface area (Å²) in [6.45, 7) is 6.89. The van der Waals surface area contributed by atoms with E-state index in [4.69, 9.17) is 4.74 Å². The van der Waals surface area contributed by atoms with Gasteiger partial charge < -0.3 is 10.1 Å². The molecule has 0 aliphatic heterocycles. The summed E-state index contributed by atoms with van der Waals surface area (Å²) in [6, 6.07) is 8.51. The second-order valence-corrected chi connectivity index (χ2v) is 4.99. The minimum absolute atomic E-state index is 0.285. The third-order valence-electron chi connectivity index (χ3n) is 3.25. The van der Waals surface area contributed by atoms with Gasteiger partial charge in [0.05, 0.1) is 5.69 Å². The van der Waals surface area contributed by atoms with Crippen LogP contribution in [0.4, 0.5) is 0 Å². The summed E-state index contributed by atoms with van der Waals surface area (Å²) < 4.78 is 7.13. The van der Waals surface area contributed by atoms with E-state index in [0.717, 1.165) is 38.3 Å². The molecule has 2 aromatic rings. The third kappa shape index (κ3) is 4.91. The highest BCUT2D eigenvalue weighted by molar-refractivity contribution is 5.35. The van der Waals surface area contributed by atoms with E-state index >= 15 is 0 Å². The van der Waals surface area contributed by atoms with Crippen LogP contribution in [0.1, 0.15) is 38.3 Å². The molecule has 21 heavy (non-hydrogen) atoms. The number of benzene rings is 1. The van der Waals surface area contributed by atoms with Gasteiger partial charge in [0.2, 0.25) is 0 Å². The molecule has 1 aromatic carbocycles. The molecule has 0 aliphatic carbocycles. The highest BCUT2D eigenvalue weighted by Crippen LogP contribution is 2.15. The number of aromatic nitrogens is 4. The van der Waals surface area contributed by atoms with Gasteiger partial charge in [-0.25, -0.2) is 4.68 Å². The fourth-order valence-corrected chi connectivity index (χ4v) is 2.07. The lowest BCUT2D eigenvalue weighted by Crippen LogP contribution is -2.21. The van der Waals surface area contributed by atoms with Crippen LogP contribution in [-0.2, 0) is 4.74 Å². The Kier molecular flexibility index (Phi) is 6.30. The Hall–Kier alpha value is -1.79. The topological polar surface area (TPSA) is 64.9 Å². The predicted octanol–water partition coefficient (Wildman–Crippen LogP) is 2.13. The maximum absolute atomic E-state index is 5.47. The molecular formula is C15H23N5O. The van der Waals surface area contributed by atoms with Crippen LogP contribution in [0.25, 0.3) is 5.69 Å². The van der Waals surface area contributed by atoms with Crippen LogP contribution < -0.4 is 5.32 Å². The lowest BCUT2D eigenvalue weighted by atomic mass is 10.1. The van der Waals surface area contributed by atoms with Gasteiger partial charge in [-0.1, -0.05) is 19.1 Å². The summed E-state index contributed by atoms with van der Waals surface area (Å²) in [6.07, 6.45) is 3.70. The number of rotatable bonds is 9. The molecule has 0 amide bonds. The first-order chi connectivity index (χ1) is 10.3. The van der Waals surface area contributed by atoms with Crippen LogP contribution in [0.3, 0.4) is 0 Å². The number of ether oxygens (including phenoxy) is 1. The number of nitrogens with one attached hydrogen (secondary N) is 1. The van der Waals surface area contributed by atoms with Crippen molar-refractivity contribution in [3.8, 4) is 5.69 Å². The van der Waals surface area contributed by atoms with Crippen LogP contribution >= 0.6 is 0 Å². The lowest BCUT2D eigenvalue weighted by Gasteiger charge is -2.15. The molecule has 0 saturated heterocycles. The molecule has 0 aliphatic rings. The first-order valence-corrected chi connectivity index (χ1v) is 7.45. The molecule has 1 unspecified atom stereocenters. The zero-order chi connectivity index (χ0) is 14.9. The highest BCUT2D eigenvalue weighted by Gasteiger charge is 2.06. The minimum Gasteiger partial charge on any atom is -0.381 e. The quantitative estimate of drug-likeness (QED) is 0.716. The Balaban J connectivity index is 1.82. The molecule has 1 aromatic heterocycles. The molecule has 2 rings (SSSR count). The Morgan fingerprint density at radius 3 is 3.00 bits per heavy atom. The van der Waals surface area contributed by atoms with Crippen molar-refractivity contribution in [1.29, 1.82) is 0 Å². The van der Waals surface area contributed by atoms with Crippen molar-refractivity contribution in [3.05, 3.63) is 36.2 Å². The first-order valence-electron chi connectivity index (χ1n) is 7.45. The van der Waals surface area contributed by atoms with E-state index in [1.165, 1.54) is 5.56 Å². The highest BCUT2D eigenvalue weighted by atomic mass is 16.5. The van der Waals surface area contributed by atoms with E-state index in [1.54, 1.807) is 11.0 Å².